The molecule has 10 nitrogen and oxygen atoms in total. The molecule has 0 aliphatic heterocycles. The van der Waals surface area contributed by atoms with Gasteiger partial charge in [0.1, 0.15) is 16.6 Å². The highest BCUT2D eigenvalue weighted by Gasteiger charge is 2.26. The molecule has 0 bridgehead atoms. The number of nitrogens with one attached hydrogen (secondary N) is 2. The molecule has 12 heteroatoms. The number of methoxy groups -OCH3 is 1. The Kier molecular flexibility index (Phi) is 8.60. The van der Waals surface area contributed by atoms with E-state index in [1.165, 1.54) is 34.4 Å². The summed E-state index contributed by atoms with van der Waals surface area (Å²) in [5.74, 6) is 0.266. The molecule has 6 N–H and O–H groups in total. The van der Waals surface area contributed by atoms with Crippen molar-refractivity contribution in [1.82, 2.24) is 14.6 Å². The van der Waals surface area contributed by atoms with E-state index >= 15 is 0 Å². The van der Waals surface area contributed by atoms with E-state index in [4.69, 9.17) is 26.6 Å². The number of thiazole rings is 1. The van der Waals surface area contributed by atoms with Crippen molar-refractivity contribution in [1.29, 1.82) is 5.41 Å². The maximum atomic E-state index is 13.6. The number of nitrogens with zero attached hydrogens (tertiary/aromatic N) is 2. The van der Waals surface area contributed by atoms with Gasteiger partial charge in [0.15, 0.2) is 0 Å². The van der Waals surface area contributed by atoms with Crippen molar-refractivity contribution in [3.63, 3.8) is 0 Å². The molecule has 1 amide bonds. The number of rotatable bonds is 11. The first kappa shape index (κ1) is 28.2. The number of amides is 1. The zero-order valence-corrected chi connectivity index (χ0v) is 23.2. The van der Waals surface area contributed by atoms with Crippen LogP contribution in [0.5, 0.6) is 5.75 Å². The van der Waals surface area contributed by atoms with E-state index < -0.39 is 16.1 Å². The number of aromatic nitrogens is 1. The van der Waals surface area contributed by atoms with E-state index in [1.807, 2.05) is 18.2 Å². The summed E-state index contributed by atoms with van der Waals surface area (Å²) >= 11 is 1.36. The van der Waals surface area contributed by atoms with Crippen LogP contribution in [-0.2, 0) is 16.4 Å². The van der Waals surface area contributed by atoms with Gasteiger partial charge in [0.25, 0.3) is 5.91 Å². The Morgan fingerprint density at radius 2 is 1.87 bits per heavy atom. The average Bonchev–Trinajstić information content (AvgIpc) is 3.36. The Morgan fingerprint density at radius 1 is 1.13 bits per heavy atom. The molecular formula is C27H30N6O4S2. The quantitative estimate of drug-likeness (QED) is 0.160. The smallest absolute Gasteiger partial charge is 0.253 e. The number of ether oxygens (including phenoxy) is 1. The Bertz CT molecular complexity index is 1620. The lowest BCUT2D eigenvalue weighted by atomic mass is 10.0. The SMILES string of the molecule is COc1ccc2nc(C(Cc3cccc(C(=N)N)c3)NS(=O)(=O)c3cccc(C(=O)N(C)CCN)c3)sc2c1. The van der Waals surface area contributed by atoms with Crippen LogP contribution in [0.25, 0.3) is 10.2 Å². The molecule has 39 heavy (non-hydrogen) atoms. The van der Waals surface area contributed by atoms with Gasteiger partial charge >= 0.3 is 0 Å². The van der Waals surface area contributed by atoms with Gasteiger partial charge in [0, 0.05) is 31.3 Å². The van der Waals surface area contributed by atoms with Crippen LogP contribution in [0, 0.1) is 5.41 Å². The number of hydrogen-bond acceptors (Lipinski definition) is 8. The highest BCUT2D eigenvalue weighted by Crippen LogP contribution is 2.32. The lowest BCUT2D eigenvalue weighted by molar-refractivity contribution is 0.0798. The first-order valence-corrected chi connectivity index (χ1v) is 14.4. The summed E-state index contributed by atoms with van der Waals surface area (Å²) in [6, 6.07) is 17.7. The fraction of sp³-hybridized carbons (Fsp3) is 0.222. The summed E-state index contributed by atoms with van der Waals surface area (Å²) in [7, 11) is -0.878. The molecule has 0 saturated heterocycles. The van der Waals surface area contributed by atoms with Gasteiger partial charge in [-0.05, 0) is 54.4 Å². The van der Waals surface area contributed by atoms with E-state index in [0.717, 1.165) is 10.3 Å². The van der Waals surface area contributed by atoms with Crippen molar-refractivity contribution in [3.8, 4) is 5.75 Å². The highest BCUT2D eigenvalue weighted by atomic mass is 32.2. The minimum Gasteiger partial charge on any atom is -0.497 e. The predicted octanol–water partition coefficient (Wildman–Crippen LogP) is 2.88. The van der Waals surface area contributed by atoms with E-state index in [-0.39, 0.29) is 28.6 Å². The zero-order chi connectivity index (χ0) is 28.2. The van der Waals surface area contributed by atoms with Gasteiger partial charge in [0.05, 0.1) is 28.3 Å². The van der Waals surface area contributed by atoms with Crippen LogP contribution in [0.4, 0.5) is 0 Å². The molecular weight excluding hydrogens is 536 g/mol. The minimum atomic E-state index is -4.07. The molecule has 0 saturated carbocycles. The Morgan fingerprint density at radius 3 is 2.59 bits per heavy atom. The van der Waals surface area contributed by atoms with Gasteiger partial charge < -0.3 is 21.1 Å². The number of carbonyl (C=O) groups excluding carboxylic acids is 1. The minimum absolute atomic E-state index is 0.0419. The van der Waals surface area contributed by atoms with Crippen LogP contribution in [0.2, 0.25) is 0 Å². The standard InChI is InChI=1S/C27H30N6O4S2/c1-33(12-11-28)27(34)19-7-4-8-21(15-19)39(35,36)32-23(14-17-5-3-6-18(13-17)25(29)30)26-31-22-10-9-20(37-2)16-24(22)38-26/h3-10,13,15-16,23,32H,11-12,14,28H2,1-2H3,(H3,29,30). The summed E-state index contributed by atoms with van der Waals surface area (Å²) in [6.45, 7) is 0.639. The van der Waals surface area contributed by atoms with E-state index in [1.54, 1.807) is 44.5 Å². The average molecular weight is 567 g/mol. The fourth-order valence-corrected chi connectivity index (χ4v) is 6.41. The monoisotopic (exact) mass is 566 g/mol. The molecule has 4 rings (SSSR count). The van der Waals surface area contributed by atoms with Crippen LogP contribution in [0.3, 0.4) is 0 Å². The fourth-order valence-electron chi connectivity index (χ4n) is 4.05. The summed E-state index contributed by atoms with van der Waals surface area (Å²) in [4.78, 5) is 18.9. The van der Waals surface area contributed by atoms with Crippen LogP contribution >= 0.6 is 11.3 Å². The van der Waals surface area contributed by atoms with Gasteiger partial charge in [-0.15, -0.1) is 11.3 Å². The Hall–Kier alpha value is -3.84. The molecule has 1 heterocycles. The number of amidine groups is 1. The van der Waals surface area contributed by atoms with Gasteiger partial charge in [0.2, 0.25) is 10.0 Å². The first-order chi connectivity index (χ1) is 18.6. The van der Waals surface area contributed by atoms with Crippen molar-refractivity contribution in [2.45, 2.75) is 17.4 Å². The summed E-state index contributed by atoms with van der Waals surface area (Å²) in [6.07, 6.45) is 0.259. The third kappa shape index (κ3) is 6.60. The molecule has 4 aromatic rings. The second-order valence-corrected chi connectivity index (χ2v) is 11.7. The molecule has 0 aliphatic rings. The first-order valence-electron chi connectivity index (χ1n) is 12.1. The number of benzene rings is 3. The molecule has 3 aromatic carbocycles. The van der Waals surface area contributed by atoms with Crippen LogP contribution in [0.1, 0.15) is 32.5 Å². The number of fused-ring (bicyclic) bond motifs is 1. The van der Waals surface area contributed by atoms with E-state index in [9.17, 15) is 13.2 Å². The number of carbonyl (C=O) groups is 1. The predicted molar refractivity (Wildman–Crippen MR) is 153 cm³/mol. The maximum Gasteiger partial charge on any atom is 0.253 e. The lowest BCUT2D eigenvalue weighted by Gasteiger charge is -2.19. The molecule has 0 aliphatic carbocycles. The Balaban J connectivity index is 1.71. The molecule has 0 spiro atoms. The van der Waals surface area contributed by atoms with Crippen LogP contribution < -0.4 is 20.9 Å². The normalized spacial score (nSPS) is 12.3. The topological polar surface area (TPSA) is 164 Å². The van der Waals surface area contributed by atoms with Gasteiger partial charge in [-0.1, -0.05) is 24.3 Å². The second-order valence-electron chi connectivity index (χ2n) is 8.92. The van der Waals surface area contributed by atoms with Crippen molar-refractivity contribution in [2.24, 2.45) is 11.5 Å². The van der Waals surface area contributed by atoms with E-state index in [2.05, 4.69) is 4.72 Å². The van der Waals surface area contributed by atoms with Gasteiger partial charge in [-0.25, -0.2) is 18.1 Å². The van der Waals surface area contributed by atoms with Crippen molar-refractivity contribution in [3.05, 3.63) is 88.4 Å². The number of nitrogen functional groups attached to an aromatic ring is 1. The lowest BCUT2D eigenvalue weighted by Crippen LogP contribution is -2.32. The number of likely N-dealkylation sites (N-methyl/N-ethyl adjacent to an activating group) is 1. The number of hydrogen-bond donors (Lipinski definition) is 4. The van der Waals surface area contributed by atoms with Gasteiger partial charge in [-0.3, -0.25) is 10.2 Å². The molecule has 0 radical (unpaired) electrons. The summed E-state index contributed by atoms with van der Waals surface area (Å²) in [5, 5.41) is 8.32. The summed E-state index contributed by atoms with van der Waals surface area (Å²) < 4.78 is 36.2. The number of nitrogens with two attached hydrogens (primary N) is 2. The third-order valence-corrected chi connectivity index (χ3v) is 8.69. The van der Waals surface area contributed by atoms with Crippen LogP contribution in [-0.4, -0.2) is 57.3 Å². The largest absolute Gasteiger partial charge is 0.497 e. The zero-order valence-electron chi connectivity index (χ0n) is 21.5. The highest BCUT2D eigenvalue weighted by molar-refractivity contribution is 7.89. The van der Waals surface area contributed by atoms with Crippen molar-refractivity contribution in [2.75, 3.05) is 27.2 Å². The second kappa shape index (κ2) is 11.9. The van der Waals surface area contributed by atoms with Crippen molar-refractivity contribution < 1.29 is 17.9 Å². The maximum absolute atomic E-state index is 13.6. The molecule has 204 valence electrons. The van der Waals surface area contributed by atoms with Crippen molar-refractivity contribution >= 4 is 43.3 Å². The number of sulfonamides is 1. The molecule has 1 unspecified atom stereocenters. The molecule has 1 aromatic heterocycles. The van der Waals surface area contributed by atoms with Gasteiger partial charge in [-0.2, -0.15) is 0 Å². The third-order valence-electron chi connectivity index (χ3n) is 6.09. The molecule has 0 fully saturated rings. The summed E-state index contributed by atoms with van der Waals surface area (Å²) in [5.41, 5.74) is 13.5. The van der Waals surface area contributed by atoms with E-state index in [0.29, 0.717) is 34.9 Å². The van der Waals surface area contributed by atoms with Crippen LogP contribution in [0.15, 0.2) is 71.6 Å². The molecule has 1 atom stereocenters. The Labute approximate surface area is 231 Å².